The fourth-order valence-electron chi connectivity index (χ4n) is 1.43. The highest BCUT2D eigenvalue weighted by Gasteiger charge is 2.12. The lowest BCUT2D eigenvalue weighted by atomic mass is 10.1. The Morgan fingerprint density at radius 3 is 2.50 bits per heavy atom. The maximum absolute atomic E-state index is 11.3. The lowest BCUT2D eigenvalue weighted by molar-refractivity contribution is -0.118. The first-order valence-corrected chi connectivity index (χ1v) is 5.42. The van der Waals surface area contributed by atoms with Crippen molar-refractivity contribution in [2.75, 3.05) is 14.2 Å². The van der Waals surface area contributed by atoms with Crippen LogP contribution in [0.2, 0.25) is 5.02 Å². The fourth-order valence-corrected chi connectivity index (χ4v) is 1.74. The number of hydrogen-bond acceptors (Lipinski definition) is 3. The topological polar surface area (TPSA) is 35.5 Å². The van der Waals surface area contributed by atoms with Crippen LogP contribution >= 0.6 is 11.6 Å². The number of hydrogen-bond donors (Lipinski definition) is 0. The van der Waals surface area contributed by atoms with E-state index in [1.54, 1.807) is 19.2 Å². The van der Waals surface area contributed by atoms with Gasteiger partial charge in [-0.05, 0) is 17.7 Å². The van der Waals surface area contributed by atoms with E-state index in [0.29, 0.717) is 29.4 Å². The first kappa shape index (κ1) is 12.8. The van der Waals surface area contributed by atoms with E-state index in [-0.39, 0.29) is 5.78 Å². The summed E-state index contributed by atoms with van der Waals surface area (Å²) in [5.74, 6) is 1.22. The zero-order valence-corrected chi connectivity index (χ0v) is 10.4. The Balaban J connectivity index is 3.05. The standard InChI is InChI=1S/C12H15ClO3/c1-4-9(14)5-8-6-10(13)12(16-3)11(7-8)15-2/h6-7H,4-5H2,1-3H3. The molecule has 16 heavy (non-hydrogen) atoms. The van der Waals surface area contributed by atoms with Crippen LogP contribution in [0.15, 0.2) is 12.1 Å². The lowest BCUT2D eigenvalue weighted by Gasteiger charge is -2.11. The van der Waals surface area contributed by atoms with Gasteiger partial charge in [-0.1, -0.05) is 18.5 Å². The van der Waals surface area contributed by atoms with Gasteiger partial charge in [0.2, 0.25) is 0 Å². The van der Waals surface area contributed by atoms with Crippen LogP contribution < -0.4 is 9.47 Å². The molecule has 3 nitrogen and oxygen atoms in total. The lowest BCUT2D eigenvalue weighted by Crippen LogP contribution is -2.01. The zero-order chi connectivity index (χ0) is 12.1. The van der Waals surface area contributed by atoms with Crippen molar-refractivity contribution in [3.8, 4) is 11.5 Å². The van der Waals surface area contributed by atoms with Crippen LogP contribution in [0.5, 0.6) is 11.5 Å². The third-order valence-electron chi connectivity index (χ3n) is 2.29. The second-order valence-corrected chi connectivity index (χ2v) is 3.79. The average Bonchev–Trinajstić information content (AvgIpc) is 2.28. The van der Waals surface area contributed by atoms with Crippen molar-refractivity contribution < 1.29 is 14.3 Å². The summed E-state index contributed by atoms with van der Waals surface area (Å²) in [6.45, 7) is 1.84. The van der Waals surface area contributed by atoms with E-state index < -0.39 is 0 Å². The van der Waals surface area contributed by atoms with Crippen LogP contribution in [0.3, 0.4) is 0 Å². The summed E-state index contributed by atoms with van der Waals surface area (Å²) in [5, 5.41) is 0.459. The van der Waals surface area contributed by atoms with Gasteiger partial charge in [-0.15, -0.1) is 0 Å². The summed E-state index contributed by atoms with van der Waals surface area (Å²) in [7, 11) is 3.07. The molecule has 0 amide bonds. The van der Waals surface area contributed by atoms with Crippen LogP contribution in [-0.2, 0) is 11.2 Å². The molecule has 0 aliphatic heterocycles. The highest BCUT2D eigenvalue weighted by molar-refractivity contribution is 6.32. The van der Waals surface area contributed by atoms with Crippen LogP contribution in [0, 0.1) is 0 Å². The van der Waals surface area contributed by atoms with Crippen LogP contribution in [0.25, 0.3) is 0 Å². The Morgan fingerprint density at radius 2 is 2.00 bits per heavy atom. The van der Waals surface area contributed by atoms with Crippen molar-refractivity contribution in [1.82, 2.24) is 0 Å². The normalized spacial score (nSPS) is 10.0. The molecule has 0 unspecified atom stereocenters. The number of ketones is 1. The molecule has 0 aromatic heterocycles. The molecule has 0 saturated heterocycles. The van der Waals surface area contributed by atoms with Crippen LogP contribution in [0.4, 0.5) is 0 Å². The van der Waals surface area contributed by atoms with Crippen LogP contribution in [-0.4, -0.2) is 20.0 Å². The molecule has 1 aromatic rings. The third kappa shape index (κ3) is 2.89. The zero-order valence-electron chi connectivity index (χ0n) is 9.67. The molecule has 0 aliphatic carbocycles. The van der Waals surface area contributed by atoms with E-state index in [1.807, 2.05) is 6.92 Å². The fraction of sp³-hybridized carbons (Fsp3) is 0.417. The summed E-state index contributed by atoms with van der Waals surface area (Å²) in [5.41, 5.74) is 0.842. The van der Waals surface area contributed by atoms with Crippen molar-refractivity contribution >= 4 is 17.4 Å². The van der Waals surface area contributed by atoms with Gasteiger partial charge in [-0.2, -0.15) is 0 Å². The Bertz CT molecular complexity index is 388. The van der Waals surface area contributed by atoms with Gasteiger partial charge in [0.05, 0.1) is 19.2 Å². The van der Waals surface area contributed by atoms with Gasteiger partial charge in [0, 0.05) is 12.8 Å². The van der Waals surface area contributed by atoms with Gasteiger partial charge in [-0.25, -0.2) is 0 Å². The van der Waals surface area contributed by atoms with Crippen molar-refractivity contribution in [2.24, 2.45) is 0 Å². The molecule has 0 N–H and O–H groups in total. The van der Waals surface area contributed by atoms with Gasteiger partial charge in [0.25, 0.3) is 0 Å². The summed E-state index contributed by atoms with van der Waals surface area (Å²) in [6.07, 6.45) is 0.891. The second kappa shape index (κ2) is 5.75. The smallest absolute Gasteiger partial charge is 0.179 e. The molecule has 0 heterocycles. The summed E-state index contributed by atoms with van der Waals surface area (Å²) < 4.78 is 10.3. The average molecular weight is 243 g/mol. The van der Waals surface area contributed by atoms with Crippen molar-refractivity contribution in [2.45, 2.75) is 19.8 Å². The number of Topliss-reactive ketones (excluding diaryl/α,β-unsaturated/α-hetero) is 1. The Hall–Kier alpha value is -1.22. The molecule has 0 aliphatic rings. The number of rotatable bonds is 5. The number of ether oxygens (including phenoxy) is 2. The Kier molecular flexibility index (Phi) is 4.62. The number of halogens is 1. The monoisotopic (exact) mass is 242 g/mol. The predicted octanol–water partition coefficient (Wildman–Crippen LogP) is 2.88. The number of methoxy groups -OCH3 is 2. The SMILES string of the molecule is CCC(=O)Cc1cc(Cl)c(OC)c(OC)c1. The van der Waals surface area contributed by atoms with E-state index in [0.717, 1.165) is 5.56 Å². The maximum atomic E-state index is 11.3. The molecule has 0 radical (unpaired) electrons. The summed E-state index contributed by atoms with van der Waals surface area (Å²) in [4.78, 5) is 11.3. The Morgan fingerprint density at radius 1 is 1.31 bits per heavy atom. The molecule has 4 heteroatoms. The third-order valence-corrected chi connectivity index (χ3v) is 2.57. The highest BCUT2D eigenvalue weighted by atomic mass is 35.5. The molecule has 1 aromatic carbocycles. The van der Waals surface area contributed by atoms with Crippen molar-refractivity contribution in [1.29, 1.82) is 0 Å². The molecule has 0 fully saturated rings. The first-order chi connectivity index (χ1) is 7.62. The van der Waals surface area contributed by atoms with Gasteiger partial charge in [0.1, 0.15) is 5.78 Å². The van der Waals surface area contributed by atoms with Crippen molar-refractivity contribution in [3.63, 3.8) is 0 Å². The first-order valence-electron chi connectivity index (χ1n) is 5.04. The summed E-state index contributed by atoms with van der Waals surface area (Å²) in [6, 6.07) is 3.51. The highest BCUT2D eigenvalue weighted by Crippen LogP contribution is 2.36. The van der Waals surface area contributed by atoms with Crippen molar-refractivity contribution in [3.05, 3.63) is 22.7 Å². The number of carbonyl (C=O) groups excluding carboxylic acids is 1. The number of carbonyl (C=O) groups is 1. The van der Waals surface area contributed by atoms with Gasteiger partial charge < -0.3 is 9.47 Å². The minimum atomic E-state index is 0.170. The van der Waals surface area contributed by atoms with E-state index in [4.69, 9.17) is 21.1 Å². The van der Waals surface area contributed by atoms with Gasteiger partial charge in [-0.3, -0.25) is 4.79 Å². The quantitative estimate of drug-likeness (QED) is 0.797. The molecule has 0 bridgehead atoms. The van der Waals surface area contributed by atoms with Gasteiger partial charge >= 0.3 is 0 Å². The maximum Gasteiger partial charge on any atom is 0.179 e. The van der Waals surface area contributed by atoms with Crippen LogP contribution in [0.1, 0.15) is 18.9 Å². The molecular weight excluding hydrogens is 228 g/mol. The van der Waals surface area contributed by atoms with Gasteiger partial charge in [0.15, 0.2) is 11.5 Å². The second-order valence-electron chi connectivity index (χ2n) is 3.38. The van der Waals surface area contributed by atoms with E-state index in [1.165, 1.54) is 7.11 Å². The molecule has 0 atom stereocenters. The summed E-state index contributed by atoms with van der Waals surface area (Å²) >= 11 is 6.02. The molecule has 1 rings (SSSR count). The van der Waals surface area contributed by atoms with E-state index in [9.17, 15) is 4.79 Å². The minimum absolute atomic E-state index is 0.170. The predicted molar refractivity (Wildman–Crippen MR) is 63.6 cm³/mol. The molecular formula is C12H15ClO3. The van der Waals surface area contributed by atoms with E-state index >= 15 is 0 Å². The molecule has 0 saturated carbocycles. The largest absolute Gasteiger partial charge is 0.493 e. The molecule has 0 spiro atoms. The molecule has 88 valence electrons. The van der Waals surface area contributed by atoms with E-state index in [2.05, 4.69) is 0 Å². The number of benzene rings is 1. The Labute approximate surface area is 100 Å². The minimum Gasteiger partial charge on any atom is -0.493 e.